The lowest BCUT2D eigenvalue weighted by atomic mass is 9.86. The Morgan fingerprint density at radius 1 is 1.15 bits per heavy atom. The largest absolute Gasteiger partial charge is 0.351 e. The monoisotopic (exact) mass is 274 g/mol. The quantitative estimate of drug-likeness (QED) is 0.811. The predicted molar refractivity (Wildman–Crippen MR) is 82.9 cm³/mol. The standard InChI is InChI=1S/C17H26N2O/c1-13-7-9-15(10-8-13)17(20)19-12-11-18-16-6-4-3-5-14(16)2/h7-10,14,16,18H,3-6,11-12H2,1-2H3,(H,19,20). The van der Waals surface area contributed by atoms with Gasteiger partial charge < -0.3 is 10.6 Å². The van der Waals surface area contributed by atoms with Gasteiger partial charge in [0.05, 0.1) is 0 Å². The molecular weight excluding hydrogens is 248 g/mol. The van der Waals surface area contributed by atoms with Crippen LogP contribution >= 0.6 is 0 Å². The topological polar surface area (TPSA) is 41.1 Å². The zero-order chi connectivity index (χ0) is 14.4. The molecule has 2 atom stereocenters. The van der Waals surface area contributed by atoms with E-state index >= 15 is 0 Å². The first-order valence-electron chi connectivity index (χ1n) is 7.75. The molecule has 0 radical (unpaired) electrons. The number of nitrogens with one attached hydrogen (secondary N) is 2. The summed E-state index contributed by atoms with van der Waals surface area (Å²) in [6.07, 6.45) is 5.29. The van der Waals surface area contributed by atoms with Gasteiger partial charge in [0.25, 0.3) is 5.91 Å². The van der Waals surface area contributed by atoms with Crippen LogP contribution in [0.4, 0.5) is 0 Å². The molecule has 1 aliphatic carbocycles. The maximum Gasteiger partial charge on any atom is 0.251 e. The predicted octanol–water partition coefficient (Wildman–Crippen LogP) is 2.89. The molecule has 2 N–H and O–H groups in total. The molecule has 1 aromatic rings. The molecule has 0 heterocycles. The normalized spacial score (nSPS) is 22.5. The fraction of sp³-hybridized carbons (Fsp3) is 0.588. The molecular formula is C17H26N2O. The summed E-state index contributed by atoms with van der Waals surface area (Å²) in [6.45, 7) is 5.89. The lowest BCUT2D eigenvalue weighted by molar-refractivity contribution is 0.0953. The molecule has 0 aliphatic heterocycles. The van der Waals surface area contributed by atoms with Crippen molar-refractivity contribution in [1.82, 2.24) is 10.6 Å². The van der Waals surface area contributed by atoms with Gasteiger partial charge in [-0.25, -0.2) is 0 Å². The number of carbonyl (C=O) groups excluding carboxylic acids is 1. The second-order valence-electron chi connectivity index (χ2n) is 5.94. The molecule has 2 unspecified atom stereocenters. The van der Waals surface area contributed by atoms with E-state index in [-0.39, 0.29) is 5.91 Å². The molecule has 1 aliphatic rings. The van der Waals surface area contributed by atoms with Crippen molar-refractivity contribution in [3.8, 4) is 0 Å². The third-order valence-corrected chi connectivity index (χ3v) is 4.24. The Kier molecular flexibility index (Phi) is 5.60. The first-order valence-corrected chi connectivity index (χ1v) is 7.75. The van der Waals surface area contributed by atoms with E-state index in [4.69, 9.17) is 0 Å². The zero-order valence-electron chi connectivity index (χ0n) is 12.6. The maximum absolute atomic E-state index is 11.9. The van der Waals surface area contributed by atoms with Crippen LogP contribution in [0.15, 0.2) is 24.3 Å². The minimum atomic E-state index is 0.0171. The van der Waals surface area contributed by atoms with Crippen LogP contribution < -0.4 is 10.6 Å². The highest BCUT2D eigenvalue weighted by molar-refractivity contribution is 5.94. The zero-order valence-corrected chi connectivity index (χ0v) is 12.6. The molecule has 2 rings (SSSR count). The van der Waals surface area contributed by atoms with Crippen LogP contribution in [0.5, 0.6) is 0 Å². The van der Waals surface area contributed by atoms with Crippen LogP contribution in [-0.4, -0.2) is 25.0 Å². The number of aryl methyl sites for hydroxylation is 1. The van der Waals surface area contributed by atoms with E-state index in [1.165, 1.54) is 31.2 Å². The van der Waals surface area contributed by atoms with Gasteiger partial charge in [0.1, 0.15) is 0 Å². The van der Waals surface area contributed by atoms with Crippen LogP contribution in [0.25, 0.3) is 0 Å². The molecule has 1 amide bonds. The minimum Gasteiger partial charge on any atom is -0.351 e. The van der Waals surface area contributed by atoms with E-state index < -0.39 is 0 Å². The minimum absolute atomic E-state index is 0.0171. The van der Waals surface area contributed by atoms with E-state index in [1.54, 1.807) is 0 Å². The number of hydrogen-bond acceptors (Lipinski definition) is 2. The van der Waals surface area contributed by atoms with Crippen molar-refractivity contribution < 1.29 is 4.79 Å². The lowest BCUT2D eigenvalue weighted by Gasteiger charge is -2.29. The highest BCUT2D eigenvalue weighted by atomic mass is 16.1. The lowest BCUT2D eigenvalue weighted by Crippen LogP contribution is -2.41. The van der Waals surface area contributed by atoms with Gasteiger partial charge in [-0.3, -0.25) is 4.79 Å². The van der Waals surface area contributed by atoms with Crippen molar-refractivity contribution in [2.24, 2.45) is 5.92 Å². The van der Waals surface area contributed by atoms with Crippen molar-refractivity contribution in [3.05, 3.63) is 35.4 Å². The van der Waals surface area contributed by atoms with Gasteiger partial charge in [0.15, 0.2) is 0 Å². The second kappa shape index (κ2) is 7.44. The van der Waals surface area contributed by atoms with Gasteiger partial charge in [0, 0.05) is 24.7 Å². The summed E-state index contributed by atoms with van der Waals surface area (Å²) >= 11 is 0. The molecule has 3 heteroatoms. The summed E-state index contributed by atoms with van der Waals surface area (Å²) in [7, 11) is 0. The van der Waals surface area contributed by atoms with Crippen LogP contribution in [-0.2, 0) is 0 Å². The van der Waals surface area contributed by atoms with Gasteiger partial charge in [-0.1, -0.05) is 37.5 Å². The summed E-state index contributed by atoms with van der Waals surface area (Å²) < 4.78 is 0. The van der Waals surface area contributed by atoms with Crippen LogP contribution in [0.1, 0.15) is 48.5 Å². The van der Waals surface area contributed by atoms with Gasteiger partial charge in [-0.2, -0.15) is 0 Å². The number of benzene rings is 1. The molecule has 20 heavy (non-hydrogen) atoms. The Balaban J connectivity index is 1.67. The van der Waals surface area contributed by atoms with E-state index in [1.807, 2.05) is 31.2 Å². The van der Waals surface area contributed by atoms with Crippen molar-refractivity contribution in [2.75, 3.05) is 13.1 Å². The number of carbonyl (C=O) groups is 1. The number of rotatable bonds is 5. The fourth-order valence-corrected chi connectivity index (χ4v) is 2.86. The first-order chi connectivity index (χ1) is 9.66. The molecule has 1 aromatic carbocycles. The summed E-state index contributed by atoms with van der Waals surface area (Å²) in [5, 5.41) is 6.54. The average molecular weight is 274 g/mol. The molecule has 3 nitrogen and oxygen atoms in total. The van der Waals surface area contributed by atoms with Crippen molar-refractivity contribution >= 4 is 5.91 Å². The van der Waals surface area contributed by atoms with Gasteiger partial charge >= 0.3 is 0 Å². The SMILES string of the molecule is Cc1ccc(C(=O)NCCNC2CCCCC2C)cc1. The Morgan fingerprint density at radius 3 is 2.55 bits per heavy atom. The van der Waals surface area contributed by atoms with Gasteiger partial charge in [-0.05, 0) is 37.8 Å². The molecule has 110 valence electrons. The van der Waals surface area contributed by atoms with Crippen LogP contribution in [0.3, 0.4) is 0 Å². The van der Waals surface area contributed by atoms with E-state index in [0.29, 0.717) is 12.6 Å². The van der Waals surface area contributed by atoms with Crippen LogP contribution in [0, 0.1) is 12.8 Å². The van der Waals surface area contributed by atoms with E-state index in [2.05, 4.69) is 17.6 Å². The van der Waals surface area contributed by atoms with Gasteiger partial charge in [-0.15, -0.1) is 0 Å². The summed E-state index contributed by atoms with van der Waals surface area (Å²) in [4.78, 5) is 11.9. The van der Waals surface area contributed by atoms with E-state index in [9.17, 15) is 4.79 Å². The fourth-order valence-electron chi connectivity index (χ4n) is 2.86. The Labute approximate surface area is 122 Å². The second-order valence-corrected chi connectivity index (χ2v) is 5.94. The van der Waals surface area contributed by atoms with Crippen molar-refractivity contribution in [3.63, 3.8) is 0 Å². The summed E-state index contributed by atoms with van der Waals surface area (Å²) in [6, 6.07) is 8.32. The third kappa shape index (κ3) is 4.34. The highest BCUT2D eigenvalue weighted by Crippen LogP contribution is 2.23. The van der Waals surface area contributed by atoms with Gasteiger partial charge in [0.2, 0.25) is 0 Å². The molecule has 0 aromatic heterocycles. The van der Waals surface area contributed by atoms with Crippen LogP contribution in [0.2, 0.25) is 0 Å². The Bertz CT molecular complexity index is 427. The summed E-state index contributed by atoms with van der Waals surface area (Å²) in [5.41, 5.74) is 1.91. The molecule has 1 saturated carbocycles. The highest BCUT2D eigenvalue weighted by Gasteiger charge is 2.20. The Hall–Kier alpha value is -1.35. The van der Waals surface area contributed by atoms with Crippen molar-refractivity contribution in [1.29, 1.82) is 0 Å². The smallest absolute Gasteiger partial charge is 0.251 e. The third-order valence-electron chi connectivity index (χ3n) is 4.24. The number of amides is 1. The van der Waals surface area contributed by atoms with Crippen molar-refractivity contribution in [2.45, 2.75) is 45.6 Å². The molecule has 0 spiro atoms. The molecule has 1 fully saturated rings. The Morgan fingerprint density at radius 2 is 1.85 bits per heavy atom. The average Bonchev–Trinajstić information content (AvgIpc) is 2.46. The number of hydrogen-bond donors (Lipinski definition) is 2. The molecule has 0 saturated heterocycles. The first kappa shape index (κ1) is 15.0. The maximum atomic E-state index is 11.9. The summed E-state index contributed by atoms with van der Waals surface area (Å²) in [5.74, 6) is 0.778. The molecule has 0 bridgehead atoms. The van der Waals surface area contributed by atoms with E-state index in [0.717, 1.165) is 18.0 Å².